The zero-order valence-corrected chi connectivity index (χ0v) is 24.6. The van der Waals surface area contributed by atoms with E-state index in [1.54, 1.807) is 0 Å². The molecule has 0 aromatic carbocycles. The van der Waals surface area contributed by atoms with Crippen molar-refractivity contribution in [1.29, 1.82) is 0 Å². The SMILES string of the molecule is O=S(=O)(O)CC(F)(F)C(F)(F)C(F)(F)C(F)(F)C(F)(F)C(F)F.O=S(=O)(O)CC(F)(F)C(F)(F)C(F)(F)C(F)(F)C(F)(F)C(F)F.OCCCO. The summed E-state index contributed by atoms with van der Waals surface area (Å²) >= 11 is 0. The predicted molar refractivity (Wildman–Crippen MR) is 113 cm³/mol. The molecule has 0 rings (SSSR count). The van der Waals surface area contributed by atoms with Gasteiger partial charge in [-0.05, 0) is 6.42 Å². The lowest BCUT2D eigenvalue weighted by molar-refractivity contribution is -0.410. The average molecular weight is 868 g/mol. The van der Waals surface area contributed by atoms with Crippen LogP contribution in [0.2, 0.25) is 0 Å². The molecule has 0 amide bonds. The molecular formula is C17H16F24O8S2. The molecule has 0 atom stereocenters. The molecule has 0 aliphatic heterocycles. The molecule has 8 nitrogen and oxygen atoms in total. The first-order valence-electron chi connectivity index (χ1n) is 11.2. The molecule has 312 valence electrons. The molecule has 0 aromatic rings. The molecule has 0 spiro atoms. The summed E-state index contributed by atoms with van der Waals surface area (Å²) in [4.78, 5) is 0. The second-order valence-electron chi connectivity index (χ2n) is 8.96. The summed E-state index contributed by atoms with van der Waals surface area (Å²) < 4.78 is 357. The maximum absolute atomic E-state index is 12.9. The van der Waals surface area contributed by atoms with Crippen molar-refractivity contribution in [1.82, 2.24) is 0 Å². The summed E-state index contributed by atoms with van der Waals surface area (Å²) in [7, 11) is -12.3. The first kappa shape index (κ1) is 53.4. The number of aliphatic hydroxyl groups is 2. The standard InChI is InChI=1S/2C7H4F12O3S.C3H8O2/c2*8-2(9)4(12,13)6(16,17)7(18,19)5(14,15)3(10,11)1-23(20,21)22;4-2-1-3-5/h2*2H,1H2,(H,20,21,22);4-5H,1-3H2. The maximum Gasteiger partial charge on any atom is 0.384 e. The van der Waals surface area contributed by atoms with Crippen LogP contribution in [-0.4, -0.2) is 133 Å². The van der Waals surface area contributed by atoms with Gasteiger partial charge in [-0.2, -0.15) is 105 Å². The van der Waals surface area contributed by atoms with Crippen molar-refractivity contribution < 1.29 is 142 Å². The summed E-state index contributed by atoms with van der Waals surface area (Å²) in [5.41, 5.74) is 0. The lowest BCUT2D eigenvalue weighted by Gasteiger charge is -2.38. The van der Waals surface area contributed by atoms with E-state index in [9.17, 15) is 122 Å². The largest absolute Gasteiger partial charge is 0.396 e. The van der Waals surface area contributed by atoms with E-state index < -0.39 is 104 Å². The molecule has 51 heavy (non-hydrogen) atoms. The molecule has 0 radical (unpaired) electrons. The highest BCUT2D eigenvalue weighted by Gasteiger charge is 2.89. The Morgan fingerprint density at radius 3 is 0.706 bits per heavy atom. The van der Waals surface area contributed by atoms with Crippen LogP contribution in [0.25, 0.3) is 0 Å². The smallest absolute Gasteiger partial charge is 0.384 e. The Labute approximate surface area is 265 Å². The Hall–Kier alpha value is -1.94. The van der Waals surface area contributed by atoms with Gasteiger partial charge in [0.2, 0.25) is 0 Å². The molecule has 0 fully saturated rings. The third-order valence-corrected chi connectivity index (χ3v) is 6.38. The van der Waals surface area contributed by atoms with Gasteiger partial charge in [0.05, 0.1) is 0 Å². The quantitative estimate of drug-likeness (QED) is 0.109. The fourth-order valence-electron chi connectivity index (χ4n) is 2.26. The third kappa shape index (κ3) is 11.0. The number of aliphatic hydroxyl groups excluding tert-OH is 2. The fourth-order valence-corrected chi connectivity index (χ4v) is 3.54. The van der Waals surface area contributed by atoms with Gasteiger partial charge in [0.1, 0.15) is 11.5 Å². The minimum atomic E-state index is -7.81. The van der Waals surface area contributed by atoms with Crippen molar-refractivity contribution in [3.05, 3.63) is 0 Å². The number of hydrogen-bond donors (Lipinski definition) is 4. The fraction of sp³-hybridized carbons (Fsp3) is 1.00. The minimum absolute atomic E-state index is 0.0938. The second kappa shape index (κ2) is 16.2. The molecule has 0 heterocycles. The van der Waals surface area contributed by atoms with Crippen molar-refractivity contribution in [3.63, 3.8) is 0 Å². The zero-order chi connectivity index (χ0) is 42.7. The average Bonchev–Trinajstić information content (AvgIpc) is 2.86. The number of alkyl halides is 24. The van der Waals surface area contributed by atoms with Gasteiger partial charge in [-0.25, -0.2) is 17.6 Å². The van der Waals surface area contributed by atoms with Crippen LogP contribution in [0.5, 0.6) is 0 Å². The Kier molecular flexibility index (Phi) is 17.0. The van der Waals surface area contributed by atoms with E-state index in [1.807, 2.05) is 0 Å². The van der Waals surface area contributed by atoms with E-state index in [4.69, 9.17) is 19.3 Å². The van der Waals surface area contributed by atoms with E-state index in [0.717, 1.165) is 0 Å². The topological polar surface area (TPSA) is 149 Å². The van der Waals surface area contributed by atoms with Crippen molar-refractivity contribution in [2.75, 3.05) is 24.7 Å². The molecule has 0 aliphatic carbocycles. The molecule has 0 bridgehead atoms. The van der Waals surface area contributed by atoms with E-state index in [2.05, 4.69) is 0 Å². The first-order valence-corrected chi connectivity index (χ1v) is 14.4. The lowest BCUT2D eigenvalue weighted by atomic mass is 9.95. The molecule has 0 saturated heterocycles. The van der Waals surface area contributed by atoms with Gasteiger partial charge in [0.15, 0.2) is 0 Å². The highest BCUT2D eigenvalue weighted by atomic mass is 32.2. The van der Waals surface area contributed by atoms with Gasteiger partial charge in [-0.1, -0.05) is 0 Å². The monoisotopic (exact) mass is 868 g/mol. The third-order valence-electron chi connectivity index (χ3n) is 4.93. The van der Waals surface area contributed by atoms with Crippen molar-refractivity contribution in [3.8, 4) is 0 Å². The van der Waals surface area contributed by atoms with Gasteiger partial charge < -0.3 is 10.2 Å². The highest BCUT2D eigenvalue weighted by Crippen LogP contribution is 2.59. The molecule has 0 unspecified atom stereocenters. The predicted octanol–water partition coefficient (Wildman–Crippen LogP) is 5.99. The summed E-state index contributed by atoms with van der Waals surface area (Å²) in [6, 6.07) is 0. The summed E-state index contributed by atoms with van der Waals surface area (Å²) in [5.74, 6) is -80.9. The Morgan fingerprint density at radius 1 is 0.392 bits per heavy atom. The molecule has 0 aromatic heterocycles. The van der Waals surface area contributed by atoms with Gasteiger partial charge in [0.25, 0.3) is 20.2 Å². The molecule has 34 heteroatoms. The molecule has 4 N–H and O–H groups in total. The van der Waals surface area contributed by atoms with Gasteiger partial charge >= 0.3 is 72.1 Å². The van der Waals surface area contributed by atoms with Gasteiger partial charge in [-0.3, -0.25) is 9.11 Å². The van der Waals surface area contributed by atoms with Crippen LogP contribution in [0, 0.1) is 0 Å². The van der Waals surface area contributed by atoms with Crippen LogP contribution in [0.4, 0.5) is 105 Å². The van der Waals surface area contributed by atoms with Crippen LogP contribution >= 0.6 is 0 Å². The second-order valence-corrected chi connectivity index (χ2v) is 11.9. The van der Waals surface area contributed by atoms with E-state index >= 15 is 0 Å². The zero-order valence-electron chi connectivity index (χ0n) is 23.0. The van der Waals surface area contributed by atoms with Crippen molar-refractivity contribution >= 4 is 20.2 Å². The molecular weight excluding hydrogens is 852 g/mol. The van der Waals surface area contributed by atoms with Crippen molar-refractivity contribution in [2.24, 2.45) is 0 Å². The van der Waals surface area contributed by atoms with Crippen molar-refractivity contribution in [2.45, 2.75) is 78.5 Å². The maximum atomic E-state index is 12.9. The van der Waals surface area contributed by atoms with Gasteiger partial charge in [-0.15, -0.1) is 0 Å². The number of hydrogen-bond acceptors (Lipinski definition) is 6. The van der Waals surface area contributed by atoms with Crippen LogP contribution in [0.3, 0.4) is 0 Å². The number of halogens is 24. The summed E-state index contributed by atoms with van der Waals surface area (Å²) in [5, 5.41) is 15.8. The molecule has 0 saturated carbocycles. The summed E-state index contributed by atoms with van der Waals surface area (Å²) in [6.07, 6.45) is -10.8. The van der Waals surface area contributed by atoms with E-state index in [0.29, 0.717) is 6.42 Å². The minimum Gasteiger partial charge on any atom is -0.396 e. The highest BCUT2D eigenvalue weighted by molar-refractivity contribution is 7.86. The van der Waals surface area contributed by atoms with Crippen LogP contribution in [0.1, 0.15) is 6.42 Å². The lowest BCUT2D eigenvalue weighted by Crippen LogP contribution is -2.69. The van der Waals surface area contributed by atoms with Crippen LogP contribution in [0.15, 0.2) is 0 Å². The normalized spacial score (nSPS) is 15.3. The van der Waals surface area contributed by atoms with Gasteiger partial charge in [0, 0.05) is 13.2 Å². The first-order chi connectivity index (χ1) is 21.7. The summed E-state index contributed by atoms with van der Waals surface area (Å²) in [6.45, 7) is 0.188. The Bertz CT molecular complexity index is 1230. The molecule has 0 aliphatic rings. The van der Waals surface area contributed by atoms with E-state index in [-0.39, 0.29) is 13.2 Å². The van der Waals surface area contributed by atoms with E-state index in [1.165, 1.54) is 0 Å². The number of rotatable bonds is 16. The van der Waals surface area contributed by atoms with Crippen LogP contribution < -0.4 is 0 Å². The Balaban J connectivity index is -0.000000796. The Morgan fingerprint density at radius 2 is 0.588 bits per heavy atom. The van der Waals surface area contributed by atoms with Crippen LogP contribution in [-0.2, 0) is 20.2 Å².